The van der Waals surface area contributed by atoms with E-state index in [1.165, 1.54) is 0 Å². The molecule has 9 nitrogen and oxygen atoms in total. The molecule has 1 saturated heterocycles. The molecule has 1 aromatic heterocycles. The zero-order chi connectivity index (χ0) is 24.2. The number of imidazole rings is 1. The average molecular weight is 465 g/mol. The van der Waals surface area contributed by atoms with Crippen LogP contribution in [0.15, 0.2) is 48.5 Å². The van der Waals surface area contributed by atoms with Crippen molar-refractivity contribution in [3.8, 4) is 5.75 Å². The van der Waals surface area contributed by atoms with Crippen LogP contribution in [-0.4, -0.2) is 84.6 Å². The number of nitrogens with one attached hydrogen (secondary N) is 1. The summed E-state index contributed by atoms with van der Waals surface area (Å²) in [5.41, 5.74) is 2.96. The summed E-state index contributed by atoms with van der Waals surface area (Å²) in [7, 11) is 7.08. The number of aryl methyl sites for hydroxylation is 1. The molecule has 3 aromatic rings. The number of amides is 2. The summed E-state index contributed by atoms with van der Waals surface area (Å²) < 4.78 is 7.24. The topological polar surface area (TPSA) is 82.9 Å². The van der Waals surface area contributed by atoms with Crippen LogP contribution in [0.5, 0.6) is 5.75 Å². The van der Waals surface area contributed by atoms with Crippen molar-refractivity contribution >= 4 is 28.5 Å². The van der Waals surface area contributed by atoms with Crippen LogP contribution in [0.2, 0.25) is 0 Å². The van der Waals surface area contributed by atoms with Crippen molar-refractivity contribution in [3.63, 3.8) is 0 Å². The summed E-state index contributed by atoms with van der Waals surface area (Å²) in [5, 5.41) is 2.98. The van der Waals surface area contributed by atoms with Gasteiger partial charge in [-0.25, -0.2) is 4.98 Å². The Kier molecular flexibility index (Phi) is 7.02. The summed E-state index contributed by atoms with van der Waals surface area (Å²) in [6, 6.07) is 15.3. The molecule has 1 unspecified atom stereocenters. The second kappa shape index (κ2) is 10.1. The second-order valence-corrected chi connectivity index (χ2v) is 8.72. The van der Waals surface area contributed by atoms with E-state index in [4.69, 9.17) is 4.74 Å². The number of aromatic nitrogens is 2. The number of rotatable bonds is 7. The highest BCUT2D eigenvalue weighted by Gasteiger charge is 2.34. The maximum absolute atomic E-state index is 13.0. The van der Waals surface area contributed by atoms with Crippen molar-refractivity contribution in [3.05, 3.63) is 54.4 Å². The van der Waals surface area contributed by atoms with Gasteiger partial charge in [-0.2, -0.15) is 0 Å². The first-order chi connectivity index (χ1) is 16.4. The van der Waals surface area contributed by atoms with Gasteiger partial charge < -0.3 is 24.4 Å². The minimum absolute atomic E-state index is 0.0126. The highest BCUT2D eigenvalue weighted by atomic mass is 16.5. The molecular formula is C25H32N6O3. The summed E-state index contributed by atoms with van der Waals surface area (Å²) in [6.45, 7) is 2.34. The highest BCUT2D eigenvalue weighted by molar-refractivity contribution is 5.84. The lowest BCUT2D eigenvalue weighted by Gasteiger charge is -2.42. The van der Waals surface area contributed by atoms with Crippen LogP contribution in [0.1, 0.15) is 5.82 Å². The Balaban J connectivity index is 1.41. The quantitative estimate of drug-likeness (QED) is 0.570. The van der Waals surface area contributed by atoms with Gasteiger partial charge in [0.2, 0.25) is 11.8 Å². The number of benzene rings is 2. The Morgan fingerprint density at radius 1 is 1.12 bits per heavy atom. The van der Waals surface area contributed by atoms with Crippen molar-refractivity contribution in [2.24, 2.45) is 7.05 Å². The summed E-state index contributed by atoms with van der Waals surface area (Å²) in [5.74, 6) is 1.45. The largest absolute Gasteiger partial charge is 0.497 e. The smallest absolute Gasteiger partial charge is 0.241 e. The standard InChI is InChI=1S/C25H32N6O3/c1-28(2)25(33)22-16-30(18-9-11-19(34-4)12-10-18)13-14-31(22)17-24(32)26-15-23-27-20-7-5-6-8-21(20)29(23)3/h5-12,22H,13-17H2,1-4H3,(H,26,32). The third kappa shape index (κ3) is 4.99. The number of ether oxygens (including phenoxy) is 1. The molecule has 2 aromatic carbocycles. The van der Waals surface area contributed by atoms with E-state index in [1.54, 1.807) is 26.1 Å². The van der Waals surface area contributed by atoms with Crippen LogP contribution >= 0.6 is 0 Å². The summed E-state index contributed by atoms with van der Waals surface area (Å²) in [4.78, 5) is 36.2. The lowest BCUT2D eigenvalue weighted by atomic mass is 10.1. The van der Waals surface area contributed by atoms with Crippen molar-refractivity contribution in [2.75, 3.05) is 52.3 Å². The number of hydrogen-bond acceptors (Lipinski definition) is 6. The Morgan fingerprint density at radius 2 is 1.85 bits per heavy atom. The zero-order valence-electron chi connectivity index (χ0n) is 20.2. The number of likely N-dealkylation sites (N-methyl/N-ethyl adjacent to an activating group) is 1. The van der Waals surface area contributed by atoms with Crippen molar-refractivity contribution in [1.29, 1.82) is 0 Å². The van der Waals surface area contributed by atoms with Crippen LogP contribution in [0.3, 0.4) is 0 Å². The van der Waals surface area contributed by atoms with E-state index in [2.05, 4.69) is 15.2 Å². The van der Waals surface area contributed by atoms with Crippen LogP contribution in [0.4, 0.5) is 5.69 Å². The Labute approximate surface area is 199 Å². The molecule has 1 aliphatic rings. The van der Waals surface area contributed by atoms with Gasteiger partial charge in [-0.1, -0.05) is 12.1 Å². The molecule has 0 aliphatic carbocycles. The average Bonchev–Trinajstić information content (AvgIpc) is 3.18. The third-order valence-corrected chi connectivity index (χ3v) is 6.32. The molecule has 0 radical (unpaired) electrons. The van der Waals surface area contributed by atoms with E-state index in [1.807, 2.05) is 65.0 Å². The highest BCUT2D eigenvalue weighted by Crippen LogP contribution is 2.23. The van der Waals surface area contributed by atoms with Crippen LogP contribution < -0.4 is 15.0 Å². The number of para-hydroxylation sites is 2. The SMILES string of the molecule is COc1ccc(N2CCN(CC(=O)NCc3nc4ccccc4n3C)C(C(=O)N(C)C)C2)cc1. The molecule has 34 heavy (non-hydrogen) atoms. The van der Waals surface area contributed by atoms with Crippen molar-refractivity contribution < 1.29 is 14.3 Å². The third-order valence-electron chi connectivity index (χ3n) is 6.32. The normalized spacial score (nSPS) is 16.5. The second-order valence-electron chi connectivity index (χ2n) is 8.72. The predicted molar refractivity (Wildman–Crippen MR) is 132 cm³/mol. The number of methoxy groups -OCH3 is 1. The molecule has 9 heteroatoms. The molecule has 0 saturated carbocycles. The fraction of sp³-hybridized carbons (Fsp3) is 0.400. The molecular weight excluding hydrogens is 432 g/mol. The van der Waals surface area contributed by atoms with Gasteiger partial charge in [-0.15, -0.1) is 0 Å². The van der Waals surface area contributed by atoms with Gasteiger partial charge in [0, 0.05) is 46.5 Å². The maximum atomic E-state index is 13.0. The van der Waals surface area contributed by atoms with E-state index < -0.39 is 6.04 Å². The molecule has 0 spiro atoms. The number of anilines is 1. The molecule has 0 bridgehead atoms. The van der Waals surface area contributed by atoms with E-state index in [0.717, 1.165) is 34.8 Å². The van der Waals surface area contributed by atoms with Gasteiger partial charge in [0.25, 0.3) is 0 Å². The number of carbonyl (C=O) groups is 2. The predicted octanol–water partition coefficient (Wildman–Crippen LogP) is 1.48. The number of piperazine rings is 1. The van der Waals surface area contributed by atoms with Gasteiger partial charge >= 0.3 is 0 Å². The maximum Gasteiger partial charge on any atom is 0.241 e. The molecule has 1 aliphatic heterocycles. The van der Waals surface area contributed by atoms with Crippen LogP contribution in [-0.2, 0) is 23.2 Å². The number of hydrogen-bond donors (Lipinski definition) is 1. The number of nitrogens with zero attached hydrogens (tertiary/aromatic N) is 5. The van der Waals surface area contributed by atoms with Crippen molar-refractivity contribution in [2.45, 2.75) is 12.6 Å². The lowest BCUT2D eigenvalue weighted by Crippen LogP contribution is -2.60. The van der Waals surface area contributed by atoms with Gasteiger partial charge in [0.05, 0.1) is 31.2 Å². The molecule has 1 atom stereocenters. The van der Waals surface area contributed by atoms with E-state index in [-0.39, 0.29) is 18.4 Å². The fourth-order valence-corrected chi connectivity index (χ4v) is 4.34. The first-order valence-corrected chi connectivity index (χ1v) is 11.4. The molecule has 1 N–H and O–H groups in total. The zero-order valence-corrected chi connectivity index (χ0v) is 20.2. The lowest BCUT2D eigenvalue weighted by molar-refractivity contribution is -0.136. The Morgan fingerprint density at radius 3 is 2.53 bits per heavy atom. The summed E-state index contributed by atoms with van der Waals surface area (Å²) >= 11 is 0. The monoisotopic (exact) mass is 464 g/mol. The minimum atomic E-state index is -0.410. The first-order valence-electron chi connectivity index (χ1n) is 11.4. The number of carbonyl (C=O) groups excluding carboxylic acids is 2. The number of fused-ring (bicyclic) bond motifs is 1. The van der Waals surface area contributed by atoms with Gasteiger partial charge in [0.1, 0.15) is 17.6 Å². The molecule has 1 fully saturated rings. The van der Waals surface area contributed by atoms with Crippen LogP contribution in [0.25, 0.3) is 11.0 Å². The van der Waals surface area contributed by atoms with E-state index in [9.17, 15) is 9.59 Å². The fourth-order valence-electron chi connectivity index (χ4n) is 4.34. The first kappa shape index (κ1) is 23.6. The van der Waals surface area contributed by atoms with Gasteiger partial charge in [-0.05, 0) is 36.4 Å². The minimum Gasteiger partial charge on any atom is -0.497 e. The van der Waals surface area contributed by atoms with Gasteiger partial charge in [-0.3, -0.25) is 14.5 Å². The summed E-state index contributed by atoms with van der Waals surface area (Å²) in [6.07, 6.45) is 0. The Hall–Kier alpha value is -3.59. The van der Waals surface area contributed by atoms with Crippen molar-refractivity contribution in [1.82, 2.24) is 24.7 Å². The molecule has 180 valence electrons. The van der Waals surface area contributed by atoms with E-state index >= 15 is 0 Å². The molecule has 2 amide bonds. The van der Waals surface area contributed by atoms with E-state index in [0.29, 0.717) is 19.6 Å². The molecule has 4 rings (SSSR count). The van der Waals surface area contributed by atoms with Gasteiger partial charge in [0.15, 0.2) is 0 Å². The Bertz CT molecular complexity index is 1160. The van der Waals surface area contributed by atoms with Crippen LogP contribution in [0, 0.1) is 0 Å². The molecule has 2 heterocycles.